The zero-order chi connectivity index (χ0) is 36.7. The maximum absolute atomic E-state index is 13.8. The number of hydrogen-bond acceptors (Lipinski definition) is 9. The monoisotopic (exact) mass is 709 g/mol. The minimum Gasteiger partial charge on any atom is -0.478 e. The van der Waals surface area contributed by atoms with Gasteiger partial charge in [-0.05, 0) is 87.6 Å². The Balaban J connectivity index is 1.37. The van der Waals surface area contributed by atoms with Crippen LogP contribution in [0.3, 0.4) is 0 Å². The third kappa shape index (κ3) is 9.16. The van der Waals surface area contributed by atoms with Gasteiger partial charge in [-0.2, -0.15) is 4.68 Å². The average molecular weight is 710 g/mol. The van der Waals surface area contributed by atoms with Crippen molar-refractivity contribution in [3.05, 3.63) is 119 Å². The number of carbonyl (C=O) groups excluding carboxylic acids is 4. The van der Waals surface area contributed by atoms with Gasteiger partial charge >= 0.3 is 17.8 Å². The van der Waals surface area contributed by atoms with E-state index in [4.69, 9.17) is 11.6 Å². The number of pyridine rings is 1. The Morgan fingerprint density at radius 2 is 1.63 bits per heavy atom. The van der Waals surface area contributed by atoms with Crippen molar-refractivity contribution >= 4 is 58.3 Å². The molecular weight excluding hydrogens is 678 g/mol. The van der Waals surface area contributed by atoms with Crippen LogP contribution in [0.25, 0.3) is 5.69 Å². The van der Waals surface area contributed by atoms with Crippen molar-refractivity contribution in [3.8, 4) is 5.69 Å². The molecule has 0 aliphatic rings. The fourth-order valence-corrected chi connectivity index (χ4v) is 5.18. The van der Waals surface area contributed by atoms with E-state index in [0.717, 1.165) is 0 Å². The highest BCUT2D eigenvalue weighted by atomic mass is 35.5. The summed E-state index contributed by atoms with van der Waals surface area (Å²) in [7, 11) is 0. The molecule has 1 atom stereocenters. The molecule has 0 spiro atoms. The summed E-state index contributed by atoms with van der Waals surface area (Å²) in [4.78, 5) is 68.6. The van der Waals surface area contributed by atoms with Crippen molar-refractivity contribution in [2.75, 3.05) is 16.0 Å². The lowest BCUT2D eigenvalue weighted by Gasteiger charge is -2.23. The molecule has 5 aromatic rings. The number of carboxylic acids is 1. The fraction of sp³-hybridized carbons (Fsp3) is 0.171. The summed E-state index contributed by atoms with van der Waals surface area (Å²) >= 11 is 6.15. The van der Waals surface area contributed by atoms with Crippen LogP contribution in [0.4, 0.5) is 17.1 Å². The van der Waals surface area contributed by atoms with E-state index in [1.54, 1.807) is 60.8 Å². The Labute approximate surface area is 296 Å². The first-order valence-electron chi connectivity index (χ1n) is 15.4. The molecule has 0 saturated heterocycles. The molecule has 0 saturated carbocycles. The van der Waals surface area contributed by atoms with Crippen LogP contribution in [0, 0.1) is 0 Å². The molecule has 5 rings (SSSR count). The van der Waals surface area contributed by atoms with Gasteiger partial charge in [0.2, 0.25) is 5.91 Å². The number of amides is 4. The van der Waals surface area contributed by atoms with Crippen LogP contribution in [0.2, 0.25) is 5.02 Å². The van der Waals surface area contributed by atoms with Crippen molar-refractivity contribution < 1.29 is 29.1 Å². The molecule has 16 heteroatoms. The van der Waals surface area contributed by atoms with Crippen LogP contribution in [-0.2, 0) is 26.2 Å². The number of nitrogens with one attached hydrogen (secondary N) is 4. The summed E-state index contributed by atoms with van der Waals surface area (Å²) in [5.74, 6) is -4.38. The van der Waals surface area contributed by atoms with Crippen molar-refractivity contribution in [3.63, 3.8) is 0 Å². The van der Waals surface area contributed by atoms with Crippen LogP contribution < -0.4 is 21.3 Å². The zero-order valence-corrected chi connectivity index (χ0v) is 28.3. The molecule has 0 aliphatic heterocycles. The molecule has 0 radical (unpaired) electrons. The van der Waals surface area contributed by atoms with E-state index in [1.807, 2.05) is 20.8 Å². The predicted molar refractivity (Wildman–Crippen MR) is 188 cm³/mol. The van der Waals surface area contributed by atoms with Crippen molar-refractivity contribution in [1.82, 2.24) is 30.5 Å². The minimum absolute atomic E-state index is 0.0614. The molecule has 1 unspecified atom stereocenters. The quantitative estimate of drug-likeness (QED) is 0.130. The Bertz CT molecular complexity index is 2080. The lowest BCUT2D eigenvalue weighted by atomic mass is 9.83. The van der Waals surface area contributed by atoms with Gasteiger partial charge in [-0.15, -0.1) is 5.10 Å². The van der Waals surface area contributed by atoms with E-state index in [0.29, 0.717) is 28.1 Å². The average Bonchev–Trinajstić information content (AvgIpc) is 3.63. The second-order valence-electron chi connectivity index (χ2n) is 12.3. The smallest absolute Gasteiger partial charge is 0.335 e. The van der Waals surface area contributed by atoms with Gasteiger partial charge in [0.25, 0.3) is 5.91 Å². The van der Waals surface area contributed by atoms with Crippen LogP contribution in [0.5, 0.6) is 0 Å². The normalized spacial score (nSPS) is 11.6. The first-order chi connectivity index (χ1) is 24.3. The lowest BCUT2D eigenvalue weighted by Crippen LogP contribution is -2.49. The number of aromatic carboxylic acids is 1. The molecular formula is C35H32ClN9O6. The third-order valence-corrected chi connectivity index (χ3v) is 7.77. The Kier molecular flexibility index (Phi) is 10.8. The Hall–Kier alpha value is -6.48. The number of aromatic nitrogens is 5. The summed E-state index contributed by atoms with van der Waals surface area (Å²) < 4.78 is 1.27. The largest absolute Gasteiger partial charge is 0.478 e. The highest BCUT2D eigenvalue weighted by Crippen LogP contribution is 2.29. The number of rotatable bonds is 10. The van der Waals surface area contributed by atoms with Gasteiger partial charge in [-0.3, -0.25) is 24.2 Å². The fourth-order valence-electron chi connectivity index (χ4n) is 5.01. The van der Waals surface area contributed by atoms with Gasteiger partial charge in [0.1, 0.15) is 12.4 Å². The van der Waals surface area contributed by atoms with Crippen LogP contribution >= 0.6 is 11.6 Å². The molecule has 15 nitrogen and oxygen atoms in total. The topological polar surface area (TPSA) is 210 Å². The van der Waals surface area contributed by atoms with Gasteiger partial charge in [0.05, 0.1) is 22.5 Å². The van der Waals surface area contributed by atoms with E-state index in [9.17, 15) is 29.1 Å². The highest BCUT2D eigenvalue weighted by molar-refractivity contribution is 6.40. The number of halogens is 1. The molecule has 0 bridgehead atoms. The number of carbonyl (C=O) groups is 5. The molecule has 3 aromatic carbocycles. The van der Waals surface area contributed by atoms with Gasteiger partial charge in [0, 0.05) is 35.2 Å². The first-order valence-corrected chi connectivity index (χ1v) is 15.8. The Morgan fingerprint density at radius 3 is 2.27 bits per heavy atom. The number of hydrogen-bond donors (Lipinski definition) is 5. The maximum atomic E-state index is 13.8. The molecule has 260 valence electrons. The number of carboxylic acid groups (broad SMARTS) is 1. The van der Waals surface area contributed by atoms with Gasteiger partial charge in [-0.25, -0.2) is 4.79 Å². The van der Waals surface area contributed by atoms with Gasteiger partial charge in [-0.1, -0.05) is 44.5 Å². The number of anilines is 3. The standard InChI is InChI=1S/C35H32ClN9O6/c1-35(2,3)26-17-24(11-12-25(26)34(50)51)40-31(47)28(15-20-6-9-23(10-7-20)39-30(46)21-5-4-14-37-18-21)42-33(49)32(48)41-27-16-22(36)8-13-29(27)45-19-38-43-44-45/h4-14,16-19,28H,15H2,1-3H3,(H,39,46)(H,40,47)(H,41,48)(H,42,49)(H,50,51). The zero-order valence-electron chi connectivity index (χ0n) is 27.5. The van der Waals surface area contributed by atoms with E-state index in [2.05, 4.69) is 41.8 Å². The molecule has 51 heavy (non-hydrogen) atoms. The van der Waals surface area contributed by atoms with Crippen LogP contribution in [-0.4, -0.2) is 65.9 Å². The van der Waals surface area contributed by atoms with Gasteiger partial charge < -0.3 is 26.4 Å². The summed E-state index contributed by atoms with van der Waals surface area (Å²) in [6, 6.07) is 17.5. The van der Waals surface area contributed by atoms with Gasteiger partial charge in [0.15, 0.2) is 0 Å². The van der Waals surface area contributed by atoms with Crippen molar-refractivity contribution in [2.24, 2.45) is 0 Å². The molecule has 5 N–H and O–H groups in total. The molecule has 2 heterocycles. The van der Waals surface area contributed by atoms with E-state index in [1.165, 1.54) is 35.4 Å². The lowest BCUT2D eigenvalue weighted by molar-refractivity contribution is -0.137. The summed E-state index contributed by atoms with van der Waals surface area (Å²) in [6.45, 7) is 5.53. The SMILES string of the molecule is CC(C)(C)c1cc(NC(=O)C(Cc2ccc(NC(=O)c3cccnc3)cc2)NC(=O)C(=O)Nc2cc(Cl)ccc2-n2cnnn2)ccc1C(=O)O. The summed E-state index contributed by atoms with van der Waals surface area (Å²) in [5.41, 5.74) is 2.17. The highest BCUT2D eigenvalue weighted by Gasteiger charge is 2.27. The summed E-state index contributed by atoms with van der Waals surface area (Å²) in [5, 5.41) is 31.5. The van der Waals surface area contributed by atoms with Crippen molar-refractivity contribution in [1.29, 1.82) is 0 Å². The van der Waals surface area contributed by atoms with Crippen LogP contribution in [0.1, 0.15) is 52.6 Å². The van der Waals surface area contributed by atoms with Crippen molar-refractivity contribution in [2.45, 2.75) is 38.6 Å². The number of nitrogens with zero attached hydrogens (tertiary/aromatic N) is 5. The molecule has 4 amide bonds. The first kappa shape index (κ1) is 35.8. The van der Waals surface area contributed by atoms with E-state index in [-0.39, 0.29) is 34.3 Å². The van der Waals surface area contributed by atoms with E-state index >= 15 is 0 Å². The summed E-state index contributed by atoms with van der Waals surface area (Å²) in [6.07, 6.45) is 4.22. The van der Waals surface area contributed by atoms with E-state index < -0.39 is 35.1 Å². The second kappa shape index (κ2) is 15.4. The third-order valence-electron chi connectivity index (χ3n) is 7.53. The predicted octanol–water partition coefficient (Wildman–Crippen LogP) is 4.26. The molecule has 0 fully saturated rings. The minimum atomic E-state index is -1.28. The van der Waals surface area contributed by atoms with Crippen LogP contribution in [0.15, 0.2) is 91.5 Å². The Morgan fingerprint density at radius 1 is 0.882 bits per heavy atom. The maximum Gasteiger partial charge on any atom is 0.335 e. The molecule has 2 aromatic heterocycles. The number of benzene rings is 3. The second-order valence-corrected chi connectivity index (χ2v) is 12.7. The number of tetrazole rings is 1. The molecule has 0 aliphatic carbocycles.